The Hall–Kier alpha value is -4.10. The van der Waals surface area contributed by atoms with Gasteiger partial charge in [0.05, 0.1) is 21.7 Å². The van der Waals surface area contributed by atoms with E-state index in [1.54, 1.807) is 36.4 Å². The number of carbonyl (C=O) groups is 1. The standard InChI is InChI=1S/C32H35N5O5S2/c1-23-12-11-13-24(2)31(23)37-25(3)20-27(26(37)4)21-33-34-32(38)30-22-35(43(39,40)28-14-7-5-8-15-28)18-19-36(30)44(41,42)29-16-9-6-10-17-29/h5-17,20-21,30H,18-19,22H2,1-4H3,(H,34,38)/b33-21+. The summed E-state index contributed by atoms with van der Waals surface area (Å²) in [7, 11) is -8.09. The number of rotatable bonds is 8. The molecule has 44 heavy (non-hydrogen) atoms. The smallest absolute Gasteiger partial charge is 0.259 e. The van der Waals surface area contributed by atoms with Crippen molar-refractivity contribution in [2.45, 2.75) is 43.5 Å². The lowest BCUT2D eigenvalue weighted by Crippen LogP contribution is -2.60. The van der Waals surface area contributed by atoms with Crippen LogP contribution in [0, 0.1) is 27.7 Å². The molecule has 1 N–H and O–H groups in total. The maximum Gasteiger partial charge on any atom is 0.259 e. The molecule has 1 unspecified atom stereocenters. The molecule has 1 aromatic heterocycles. The molecule has 1 aliphatic rings. The molecule has 230 valence electrons. The lowest BCUT2D eigenvalue weighted by atomic mass is 10.1. The predicted octanol–water partition coefficient (Wildman–Crippen LogP) is 3.93. The summed E-state index contributed by atoms with van der Waals surface area (Å²) in [5.41, 5.74) is 8.48. The summed E-state index contributed by atoms with van der Waals surface area (Å²) >= 11 is 0. The van der Waals surface area contributed by atoms with Crippen LogP contribution in [0.1, 0.15) is 28.1 Å². The van der Waals surface area contributed by atoms with Gasteiger partial charge in [0.25, 0.3) is 5.91 Å². The Balaban J connectivity index is 1.43. The zero-order valence-electron chi connectivity index (χ0n) is 25.0. The molecule has 0 saturated carbocycles. The minimum atomic E-state index is -4.12. The fraction of sp³-hybridized carbons (Fsp3) is 0.250. The van der Waals surface area contributed by atoms with Crippen molar-refractivity contribution in [2.75, 3.05) is 19.6 Å². The maximum absolute atomic E-state index is 13.6. The van der Waals surface area contributed by atoms with Gasteiger partial charge in [0, 0.05) is 36.6 Å². The van der Waals surface area contributed by atoms with E-state index >= 15 is 0 Å². The SMILES string of the molecule is Cc1cccc(C)c1-n1c(C)cc(/C=N/NC(=O)C2CN(S(=O)(=O)c3ccccc3)CCN2S(=O)(=O)c2ccccc2)c1C. The van der Waals surface area contributed by atoms with Gasteiger partial charge < -0.3 is 4.57 Å². The van der Waals surface area contributed by atoms with Crippen molar-refractivity contribution in [3.05, 3.63) is 113 Å². The molecular weight excluding hydrogens is 599 g/mol. The number of benzene rings is 3. The van der Waals surface area contributed by atoms with Gasteiger partial charge in [-0.15, -0.1) is 0 Å². The van der Waals surface area contributed by atoms with Gasteiger partial charge in [-0.05, 0) is 69.2 Å². The Morgan fingerprint density at radius 3 is 1.95 bits per heavy atom. The summed E-state index contributed by atoms with van der Waals surface area (Å²) in [6.07, 6.45) is 1.52. The van der Waals surface area contributed by atoms with Crippen LogP contribution < -0.4 is 5.43 Å². The van der Waals surface area contributed by atoms with E-state index in [2.05, 4.69) is 41.1 Å². The third-order valence-corrected chi connectivity index (χ3v) is 11.6. The molecular formula is C32H35N5O5S2. The molecule has 2 heterocycles. The first-order chi connectivity index (χ1) is 20.9. The Kier molecular flexibility index (Phi) is 8.89. The van der Waals surface area contributed by atoms with Gasteiger partial charge in [-0.1, -0.05) is 54.6 Å². The first kappa shape index (κ1) is 31.3. The number of hydrogen-bond acceptors (Lipinski definition) is 6. The van der Waals surface area contributed by atoms with Gasteiger partial charge in [-0.25, -0.2) is 22.3 Å². The van der Waals surface area contributed by atoms with Crippen LogP contribution in [-0.2, 0) is 24.8 Å². The number of aryl methyl sites for hydroxylation is 3. The average molecular weight is 634 g/mol. The van der Waals surface area contributed by atoms with E-state index in [0.717, 1.165) is 42.4 Å². The van der Waals surface area contributed by atoms with Crippen LogP contribution in [0.3, 0.4) is 0 Å². The van der Waals surface area contributed by atoms with Crippen LogP contribution in [0.15, 0.2) is 99.8 Å². The summed E-state index contributed by atoms with van der Waals surface area (Å²) in [4.78, 5) is 13.7. The zero-order valence-corrected chi connectivity index (χ0v) is 26.6. The normalized spacial score (nSPS) is 16.8. The van der Waals surface area contributed by atoms with Crippen LogP contribution in [-0.4, -0.2) is 67.8 Å². The summed E-state index contributed by atoms with van der Waals surface area (Å²) < 4.78 is 58.4. The number of piperazine rings is 1. The number of nitrogens with zero attached hydrogens (tertiary/aromatic N) is 4. The number of aromatic nitrogens is 1. The largest absolute Gasteiger partial charge is 0.317 e. The van der Waals surface area contributed by atoms with Crippen LogP contribution >= 0.6 is 0 Å². The van der Waals surface area contributed by atoms with E-state index in [1.165, 1.54) is 30.5 Å². The molecule has 0 bridgehead atoms. The molecule has 1 aliphatic heterocycles. The maximum atomic E-state index is 13.6. The molecule has 3 aromatic carbocycles. The number of nitrogens with one attached hydrogen (secondary N) is 1. The second-order valence-corrected chi connectivity index (χ2v) is 14.6. The van der Waals surface area contributed by atoms with Crippen molar-refractivity contribution in [3.8, 4) is 5.69 Å². The molecule has 5 rings (SSSR count). The van der Waals surface area contributed by atoms with Crippen molar-refractivity contribution in [1.82, 2.24) is 18.6 Å². The topological polar surface area (TPSA) is 121 Å². The van der Waals surface area contributed by atoms with E-state index in [1.807, 2.05) is 26.0 Å². The molecule has 1 atom stereocenters. The second kappa shape index (κ2) is 12.5. The second-order valence-electron chi connectivity index (χ2n) is 10.8. The van der Waals surface area contributed by atoms with Crippen molar-refractivity contribution < 1.29 is 21.6 Å². The predicted molar refractivity (Wildman–Crippen MR) is 170 cm³/mol. The van der Waals surface area contributed by atoms with Crippen molar-refractivity contribution in [1.29, 1.82) is 0 Å². The lowest BCUT2D eigenvalue weighted by Gasteiger charge is -2.38. The number of hydrazone groups is 1. The Morgan fingerprint density at radius 1 is 0.795 bits per heavy atom. The lowest BCUT2D eigenvalue weighted by molar-refractivity contribution is -0.125. The molecule has 0 spiro atoms. The molecule has 12 heteroatoms. The van der Waals surface area contributed by atoms with Crippen molar-refractivity contribution in [2.24, 2.45) is 5.10 Å². The van der Waals surface area contributed by atoms with E-state index in [4.69, 9.17) is 0 Å². The zero-order chi connectivity index (χ0) is 31.6. The molecule has 1 fully saturated rings. The number of amides is 1. The molecule has 1 saturated heterocycles. The molecule has 1 amide bonds. The van der Waals surface area contributed by atoms with Gasteiger partial charge in [0.2, 0.25) is 20.0 Å². The highest BCUT2D eigenvalue weighted by atomic mass is 32.2. The van der Waals surface area contributed by atoms with Crippen molar-refractivity contribution >= 4 is 32.2 Å². The van der Waals surface area contributed by atoms with E-state index in [9.17, 15) is 21.6 Å². The highest BCUT2D eigenvalue weighted by Gasteiger charge is 2.43. The van der Waals surface area contributed by atoms with Crippen molar-refractivity contribution in [3.63, 3.8) is 0 Å². The van der Waals surface area contributed by atoms with Gasteiger partial charge in [0.15, 0.2) is 0 Å². The molecule has 0 radical (unpaired) electrons. The van der Waals surface area contributed by atoms with Gasteiger partial charge in [-0.3, -0.25) is 4.79 Å². The van der Waals surface area contributed by atoms with Crippen LogP contribution in [0.4, 0.5) is 0 Å². The quantitative estimate of drug-likeness (QED) is 0.233. The van der Waals surface area contributed by atoms with E-state index < -0.39 is 32.0 Å². The Bertz CT molecular complexity index is 1900. The fourth-order valence-corrected chi connectivity index (χ4v) is 8.64. The fourth-order valence-electron chi connectivity index (χ4n) is 5.59. The summed E-state index contributed by atoms with van der Waals surface area (Å²) in [6.45, 7) is 7.37. The number of carbonyl (C=O) groups excluding carboxylic acids is 1. The minimum Gasteiger partial charge on any atom is -0.317 e. The first-order valence-corrected chi connectivity index (χ1v) is 17.0. The van der Waals surface area contributed by atoms with E-state index in [0.29, 0.717) is 0 Å². The molecule has 0 aliphatic carbocycles. The Morgan fingerprint density at radius 2 is 1.36 bits per heavy atom. The highest BCUT2D eigenvalue weighted by molar-refractivity contribution is 7.89. The highest BCUT2D eigenvalue weighted by Crippen LogP contribution is 2.27. The van der Waals surface area contributed by atoms with Gasteiger partial charge >= 0.3 is 0 Å². The molecule has 4 aromatic rings. The Labute approximate surface area is 258 Å². The number of hydrogen-bond donors (Lipinski definition) is 1. The van der Waals surface area contributed by atoms with E-state index in [-0.39, 0.29) is 29.4 Å². The minimum absolute atomic E-state index is 0.0135. The summed E-state index contributed by atoms with van der Waals surface area (Å²) in [5, 5.41) is 4.18. The summed E-state index contributed by atoms with van der Waals surface area (Å²) in [5.74, 6) is -0.739. The first-order valence-electron chi connectivity index (χ1n) is 14.1. The molecule has 10 nitrogen and oxygen atoms in total. The number of sulfonamides is 2. The van der Waals surface area contributed by atoms with Gasteiger partial charge in [-0.2, -0.15) is 13.7 Å². The van der Waals surface area contributed by atoms with Gasteiger partial charge in [0.1, 0.15) is 6.04 Å². The van der Waals surface area contributed by atoms with Crippen LogP contribution in [0.2, 0.25) is 0 Å². The summed E-state index contributed by atoms with van der Waals surface area (Å²) in [6, 6.07) is 22.4. The van der Waals surface area contributed by atoms with Crippen LogP contribution in [0.5, 0.6) is 0 Å². The monoisotopic (exact) mass is 633 g/mol. The third kappa shape index (κ3) is 5.98. The van der Waals surface area contributed by atoms with Crippen LogP contribution in [0.25, 0.3) is 5.69 Å². The third-order valence-electron chi connectivity index (χ3n) is 7.84. The average Bonchev–Trinajstić information content (AvgIpc) is 3.29. The number of para-hydroxylation sites is 1.